The summed E-state index contributed by atoms with van der Waals surface area (Å²) in [5.41, 5.74) is 3.02. The van der Waals surface area contributed by atoms with Crippen LogP contribution in [0.5, 0.6) is 5.75 Å². The zero-order valence-corrected chi connectivity index (χ0v) is 13.1. The maximum atomic E-state index is 5.91. The highest BCUT2D eigenvalue weighted by Gasteiger charge is 2.14. The molecule has 1 aliphatic carbocycles. The number of rotatable bonds is 4. The van der Waals surface area contributed by atoms with Gasteiger partial charge in [0.25, 0.3) is 0 Å². The van der Waals surface area contributed by atoms with E-state index < -0.39 is 0 Å². The predicted octanol–water partition coefficient (Wildman–Crippen LogP) is 2.22. The third-order valence-electron chi connectivity index (χ3n) is 4.34. The number of piperazine rings is 1. The number of nitrogens with zero attached hydrogens (tertiary/aromatic N) is 2. The molecule has 0 aromatic heterocycles. The molecule has 1 saturated heterocycles. The van der Waals surface area contributed by atoms with Gasteiger partial charge in [-0.15, -0.1) is 12.4 Å². The summed E-state index contributed by atoms with van der Waals surface area (Å²) in [6, 6.07) is 6.62. The predicted molar refractivity (Wildman–Crippen MR) is 85.1 cm³/mol. The van der Waals surface area contributed by atoms with Crippen LogP contribution in [0.25, 0.3) is 0 Å². The van der Waals surface area contributed by atoms with Gasteiger partial charge >= 0.3 is 0 Å². The van der Waals surface area contributed by atoms with Crippen LogP contribution in [0.3, 0.4) is 0 Å². The molecule has 0 saturated carbocycles. The molecule has 0 atom stereocenters. The molecule has 1 aliphatic heterocycles. The quantitative estimate of drug-likeness (QED) is 0.847. The molecular weight excluding hydrogens is 272 g/mol. The third-order valence-corrected chi connectivity index (χ3v) is 4.34. The van der Waals surface area contributed by atoms with Crippen molar-refractivity contribution in [3.8, 4) is 5.75 Å². The molecule has 3 nitrogen and oxygen atoms in total. The zero-order valence-electron chi connectivity index (χ0n) is 12.3. The Kier molecular flexibility index (Phi) is 5.70. The minimum Gasteiger partial charge on any atom is -0.492 e. The van der Waals surface area contributed by atoms with Crippen LogP contribution in [-0.2, 0) is 12.8 Å². The van der Waals surface area contributed by atoms with Crippen LogP contribution < -0.4 is 4.74 Å². The van der Waals surface area contributed by atoms with Gasteiger partial charge in [-0.3, -0.25) is 4.90 Å². The standard InChI is InChI=1S/C16H24N2O.ClH/c1-17-7-9-18(10-8-17)11-12-19-16-6-5-14-3-2-4-15(14)13-16;/h5-6,13H,2-4,7-12H2,1H3;1H. The fourth-order valence-corrected chi connectivity index (χ4v) is 3.00. The number of benzene rings is 1. The fraction of sp³-hybridized carbons (Fsp3) is 0.625. The second-order valence-corrected chi connectivity index (χ2v) is 5.78. The van der Waals surface area contributed by atoms with Crippen LogP contribution in [-0.4, -0.2) is 56.2 Å². The number of hydrogen-bond donors (Lipinski definition) is 0. The number of fused-ring (bicyclic) bond motifs is 1. The lowest BCUT2D eigenvalue weighted by atomic mass is 10.1. The van der Waals surface area contributed by atoms with Crippen molar-refractivity contribution in [2.75, 3.05) is 46.4 Å². The van der Waals surface area contributed by atoms with E-state index in [1.54, 1.807) is 0 Å². The summed E-state index contributed by atoms with van der Waals surface area (Å²) < 4.78 is 5.91. The van der Waals surface area contributed by atoms with E-state index in [4.69, 9.17) is 4.74 Å². The van der Waals surface area contributed by atoms with Gasteiger partial charge in [0, 0.05) is 32.7 Å². The molecule has 0 spiro atoms. The smallest absolute Gasteiger partial charge is 0.119 e. The summed E-state index contributed by atoms with van der Waals surface area (Å²) in [5.74, 6) is 1.05. The average Bonchev–Trinajstić information content (AvgIpc) is 2.88. The minimum absolute atomic E-state index is 0. The van der Waals surface area contributed by atoms with Crippen LogP contribution in [0.2, 0.25) is 0 Å². The minimum atomic E-state index is 0. The molecule has 0 amide bonds. The van der Waals surface area contributed by atoms with Gasteiger partial charge in [-0.25, -0.2) is 0 Å². The van der Waals surface area contributed by atoms with E-state index in [0.717, 1.165) is 18.9 Å². The molecule has 4 heteroatoms. The first-order valence-electron chi connectivity index (χ1n) is 7.47. The van der Waals surface area contributed by atoms with Gasteiger partial charge in [0.05, 0.1) is 0 Å². The van der Waals surface area contributed by atoms with Gasteiger partial charge in [-0.1, -0.05) is 6.07 Å². The van der Waals surface area contributed by atoms with Crippen molar-refractivity contribution in [3.05, 3.63) is 29.3 Å². The summed E-state index contributed by atoms with van der Waals surface area (Å²) in [4.78, 5) is 4.88. The summed E-state index contributed by atoms with van der Waals surface area (Å²) in [5, 5.41) is 0. The summed E-state index contributed by atoms with van der Waals surface area (Å²) in [6.07, 6.45) is 3.78. The Bertz CT molecular complexity index is 430. The highest BCUT2D eigenvalue weighted by Crippen LogP contribution is 2.25. The first kappa shape index (κ1) is 15.6. The Morgan fingerprint density at radius 1 is 1.05 bits per heavy atom. The molecule has 1 fully saturated rings. The van der Waals surface area contributed by atoms with Crippen molar-refractivity contribution in [2.45, 2.75) is 19.3 Å². The number of likely N-dealkylation sites (N-methyl/N-ethyl adjacent to an activating group) is 1. The van der Waals surface area contributed by atoms with Gasteiger partial charge in [0.1, 0.15) is 12.4 Å². The van der Waals surface area contributed by atoms with Crippen LogP contribution in [0.4, 0.5) is 0 Å². The van der Waals surface area contributed by atoms with Crippen LogP contribution >= 0.6 is 12.4 Å². The van der Waals surface area contributed by atoms with E-state index in [9.17, 15) is 0 Å². The van der Waals surface area contributed by atoms with Gasteiger partial charge < -0.3 is 9.64 Å². The van der Waals surface area contributed by atoms with Crippen LogP contribution in [0.15, 0.2) is 18.2 Å². The molecular formula is C16H25ClN2O. The summed E-state index contributed by atoms with van der Waals surface area (Å²) in [6.45, 7) is 6.55. The van der Waals surface area contributed by atoms with Crippen molar-refractivity contribution >= 4 is 12.4 Å². The summed E-state index contributed by atoms with van der Waals surface area (Å²) >= 11 is 0. The topological polar surface area (TPSA) is 15.7 Å². The van der Waals surface area contributed by atoms with Crippen LogP contribution in [0.1, 0.15) is 17.5 Å². The second kappa shape index (κ2) is 7.30. The number of halogens is 1. The largest absolute Gasteiger partial charge is 0.492 e. The Balaban J connectivity index is 0.00000147. The van der Waals surface area contributed by atoms with E-state index in [-0.39, 0.29) is 12.4 Å². The Hall–Kier alpha value is -0.770. The van der Waals surface area contributed by atoms with E-state index >= 15 is 0 Å². The lowest BCUT2D eigenvalue weighted by Crippen LogP contribution is -2.45. The highest BCUT2D eigenvalue weighted by atomic mass is 35.5. The highest BCUT2D eigenvalue weighted by molar-refractivity contribution is 5.85. The van der Waals surface area contributed by atoms with E-state index in [0.29, 0.717) is 0 Å². The molecule has 2 aliphatic rings. The average molecular weight is 297 g/mol. The Morgan fingerprint density at radius 3 is 2.60 bits per heavy atom. The number of aryl methyl sites for hydroxylation is 2. The van der Waals surface area contributed by atoms with Crippen molar-refractivity contribution in [3.63, 3.8) is 0 Å². The molecule has 3 rings (SSSR count). The SMILES string of the molecule is CN1CCN(CCOc2ccc3c(c2)CCC3)CC1.Cl. The molecule has 0 N–H and O–H groups in total. The maximum absolute atomic E-state index is 5.91. The van der Waals surface area contributed by atoms with Crippen molar-refractivity contribution in [2.24, 2.45) is 0 Å². The van der Waals surface area contributed by atoms with E-state index in [1.165, 1.54) is 56.6 Å². The molecule has 1 heterocycles. The first-order valence-corrected chi connectivity index (χ1v) is 7.47. The number of ether oxygens (including phenoxy) is 1. The fourth-order valence-electron chi connectivity index (χ4n) is 3.00. The van der Waals surface area contributed by atoms with Gasteiger partial charge in [0.2, 0.25) is 0 Å². The second-order valence-electron chi connectivity index (χ2n) is 5.78. The van der Waals surface area contributed by atoms with Crippen molar-refractivity contribution < 1.29 is 4.74 Å². The Morgan fingerprint density at radius 2 is 1.80 bits per heavy atom. The zero-order chi connectivity index (χ0) is 13.1. The monoisotopic (exact) mass is 296 g/mol. The molecule has 0 radical (unpaired) electrons. The van der Waals surface area contributed by atoms with E-state index in [2.05, 4.69) is 35.0 Å². The lowest BCUT2D eigenvalue weighted by molar-refractivity contribution is 0.133. The van der Waals surface area contributed by atoms with Crippen molar-refractivity contribution in [1.82, 2.24) is 9.80 Å². The molecule has 0 unspecified atom stereocenters. The van der Waals surface area contributed by atoms with Crippen molar-refractivity contribution in [1.29, 1.82) is 0 Å². The number of hydrogen-bond acceptors (Lipinski definition) is 3. The summed E-state index contributed by atoms with van der Waals surface area (Å²) in [7, 11) is 2.19. The van der Waals surface area contributed by atoms with E-state index in [1.807, 2.05) is 0 Å². The van der Waals surface area contributed by atoms with Crippen LogP contribution in [0, 0.1) is 0 Å². The third kappa shape index (κ3) is 3.87. The van der Waals surface area contributed by atoms with Gasteiger partial charge in [0.15, 0.2) is 0 Å². The molecule has 112 valence electrons. The Labute approximate surface area is 128 Å². The molecule has 0 bridgehead atoms. The molecule has 1 aromatic carbocycles. The first-order chi connectivity index (χ1) is 9.31. The lowest BCUT2D eigenvalue weighted by Gasteiger charge is -2.32. The maximum Gasteiger partial charge on any atom is 0.119 e. The van der Waals surface area contributed by atoms with Gasteiger partial charge in [-0.05, 0) is 49.6 Å². The molecule has 20 heavy (non-hydrogen) atoms. The normalized spacial score (nSPS) is 19.4. The molecule has 1 aromatic rings. The van der Waals surface area contributed by atoms with Gasteiger partial charge in [-0.2, -0.15) is 0 Å².